The molecule has 3 aromatic rings. The number of hydrogen-bond acceptors (Lipinski definition) is 8. The van der Waals surface area contributed by atoms with Gasteiger partial charge in [0.25, 0.3) is 5.56 Å². The quantitative estimate of drug-likeness (QED) is 0.438. The van der Waals surface area contributed by atoms with Gasteiger partial charge in [0.15, 0.2) is 11.5 Å². The number of anilines is 1. The summed E-state index contributed by atoms with van der Waals surface area (Å²) in [4.78, 5) is 31.1. The van der Waals surface area contributed by atoms with Gasteiger partial charge in [-0.25, -0.2) is 9.97 Å². The summed E-state index contributed by atoms with van der Waals surface area (Å²) in [7, 11) is 1.58. The highest BCUT2D eigenvalue weighted by atomic mass is 35.5. The molecule has 0 amide bonds. The van der Waals surface area contributed by atoms with Gasteiger partial charge < -0.3 is 10.1 Å². The zero-order valence-electron chi connectivity index (χ0n) is 15.8. The van der Waals surface area contributed by atoms with E-state index in [1.54, 1.807) is 18.9 Å². The van der Waals surface area contributed by atoms with Crippen LogP contribution in [0.4, 0.5) is 5.82 Å². The van der Waals surface area contributed by atoms with Crippen LogP contribution in [0.5, 0.6) is 0 Å². The molecule has 1 unspecified atom stereocenters. The Hall–Kier alpha value is -2.23. The SMILES string of the molecule is CCSc1ccc(CNc2nc3cnc(Cl)nc3n(C(C)COC)c2=O)nc1. The first kappa shape index (κ1) is 20.5. The van der Waals surface area contributed by atoms with E-state index in [-0.39, 0.29) is 22.7 Å². The van der Waals surface area contributed by atoms with Crippen LogP contribution in [0.1, 0.15) is 25.6 Å². The number of nitrogens with one attached hydrogen (secondary N) is 1. The van der Waals surface area contributed by atoms with E-state index in [1.165, 1.54) is 10.8 Å². The van der Waals surface area contributed by atoms with Crippen molar-refractivity contribution in [1.29, 1.82) is 0 Å². The molecular formula is C18H21ClN6O2S. The number of thioether (sulfide) groups is 1. The molecule has 28 heavy (non-hydrogen) atoms. The lowest BCUT2D eigenvalue weighted by Gasteiger charge is -2.17. The highest BCUT2D eigenvalue weighted by Crippen LogP contribution is 2.18. The van der Waals surface area contributed by atoms with Crippen molar-refractivity contribution in [3.63, 3.8) is 0 Å². The molecule has 3 rings (SSSR count). The van der Waals surface area contributed by atoms with Gasteiger partial charge in [-0.15, -0.1) is 11.8 Å². The molecule has 0 aliphatic heterocycles. The van der Waals surface area contributed by atoms with E-state index >= 15 is 0 Å². The molecule has 0 bridgehead atoms. The van der Waals surface area contributed by atoms with Crippen LogP contribution in [0.15, 0.2) is 34.2 Å². The fourth-order valence-corrected chi connectivity index (χ4v) is 3.52. The zero-order valence-corrected chi connectivity index (χ0v) is 17.4. The van der Waals surface area contributed by atoms with Gasteiger partial charge in [0.2, 0.25) is 5.28 Å². The third-order valence-corrected chi connectivity index (χ3v) is 5.04. The predicted octanol–water partition coefficient (Wildman–Crippen LogP) is 3.17. The molecule has 10 heteroatoms. The maximum Gasteiger partial charge on any atom is 0.295 e. The van der Waals surface area contributed by atoms with E-state index < -0.39 is 0 Å². The molecule has 0 aliphatic rings. The molecule has 0 aliphatic carbocycles. The summed E-state index contributed by atoms with van der Waals surface area (Å²) in [5.41, 5.74) is 1.35. The van der Waals surface area contributed by atoms with Crippen molar-refractivity contribution < 1.29 is 4.74 Å². The fourth-order valence-electron chi connectivity index (χ4n) is 2.76. The van der Waals surface area contributed by atoms with Gasteiger partial charge in [0.05, 0.1) is 31.1 Å². The lowest BCUT2D eigenvalue weighted by Crippen LogP contribution is -2.30. The molecule has 1 atom stereocenters. The number of fused-ring (bicyclic) bond motifs is 1. The second-order valence-corrected chi connectivity index (χ2v) is 7.74. The Morgan fingerprint density at radius 3 is 2.79 bits per heavy atom. The summed E-state index contributed by atoms with van der Waals surface area (Å²) in [6.07, 6.45) is 3.33. The summed E-state index contributed by atoms with van der Waals surface area (Å²) >= 11 is 7.65. The van der Waals surface area contributed by atoms with E-state index in [1.807, 2.05) is 25.3 Å². The summed E-state index contributed by atoms with van der Waals surface area (Å²) < 4.78 is 6.73. The summed E-state index contributed by atoms with van der Waals surface area (Å²) in [6.45, 7) is 4.68. The second kappa shape index (κ2) is 9.31. The minimum Gasteiger partial charge on any atom is -0.383 e. The molecule has 3 heterocycles. The number of rotatable bonds is 8. The maximum atomic E-state index is 13.0. The monoisotopic (exact) mass is 420 g/mol. The third-order valence-electron chi connectivity index (χ3n) is 4.00. The molecule has 0 aromatic carbocycles. The van der Waals surface area contributed by atoms with Crippen molar-refractivity contribution in [2.75, 3.05) is 24.8 Å². The van der Waals surface area contributed by atoms with E-state index in [0.717, 1.165) is 16.3 Å². The first-order valence-electron chi connectivity index (χ1n) is 8.78. The number of methoxy groups -OCH3 is 1. The Labute approximate surface area is 171 Å². The van der Waals surface area contributed by atoms with Crippen LogP contribution in [-0.4, -0.2) is 44.0 Å². The molecule has 0 radical (unpaired) electrons. The summed E-state index contributed by atoms with van der Waals surface area (Å²) in [6, 6.07) is 3.69. The summed E-state index contributed by atoms with van der Waals surface area (Å²) in [5.74, 6) is 1.20. The van der Waals surface area contributed by atoms with Crippen molar-refractivity contribution in [3.05, 3.63) is 45.9 Å². The fraction of sp³-hybridized carbons (Fsp3) is 0.389. The second-order valence-electron chi connectivity index (χ2n) is 6.06. The summed E-state index contributed by atoms with van der Waals surface area (Å²) in [5, 5.41) is 3.14. The van der Waals surface area contributed by atoms with Gasteiger partial charge in [0, 0.05) is 18.2 Å². The Morgan fingerprint density at radius 1 is 1.29 bits per heavy atom. The number of ether oxygens (including phenoxy) is 1. The number of nitrogens with zero attached hydrogens (tertiary/aromatic N) is 5. The van der Waals surface area contributed by atoms with Crippen LogP contribution in [0.2, 0.25) is 5.28 Å². The minimum atomic E-state index is -0.301. The van der Waals surface area contributed by atoms with Crippen molar-refractivity contribution in [3.8, 4) is 0 Å². The van der Waals surface area contributed by atoms with Gasteiger partial charge in [-0.05, 0) is 36.4 Å². The molecule has 0 spiro atoms. The average molecular weight is 421 g/mol. The Bertz CT molecular complexity index is 1010. The first-order chi connectivity index (χ1) is 13.5. The lowest BCUT2D eigenvalue weighted by atomic mass is 10.3. The maximum absolute atomic E-state index is 13.0. The van der Waals surface area contributed by atoms with Crippen molar-refractivity contribution in [1.82, 2.24) is 24.5 Å². The van der Waals surface area contributed by atoms with Crippen molar-refractivity contribution in [2.45, 2.75) is 31.3 Å². The topological polar surface area (TPSA) is 94.8 Å². The number of halogens is 1. The molecular weight excluding hydrogens is 400 g/mol. The van der Waals surface area contributed by atoms with E-state index in [0.29, 0.717) is 24.3 Å². The van der Waals surface area contributed by atoms with Crippen molar-refractivity contribution in [2.24, 2.45) is 0 Å². The van der Waals surface area contributed by atoms with Crippen LogP contribution in [0.3, 0.4) is 0 Å². The number of aromatic nitrogens is 5. The normalized spacial score (nSPS) is 12.3. The largest absolute Gasteiger partial charge is 0.383 e. The Morgan fingerprint density at radius 2 is 2.11 bits per heavy atom. The Balaban J connectivity index is 1.93. The van der Waals surface area contributed by atoms with E-state index in [4.69, 9.17) is 16.3 Å². The average Bonchev–Trinajstić information content (AvgIpc) is 2.68. The highest BCUT2D eigenvalue weighted by molar-refractivity contribution is 7.99. The third kappa shape index (κ3) is 4.60. The number of pyridine rings is 1. The molecule has 8 nitrogen and oxygen atoms in total. The van der Waals surface area contributed by atoms with Gasteiger partial charge in [0.1, 0.15) is 5.52 Å². The van der Waals surface area contributed by atoms with Gasteiger partial charge in [-0.2, -0.15) is 4.98 Å². The van der Waals surface area contributed by atoms with Crippen LogP contribution < -0.4 is 10.9 Å². The van der Waals surface area contributed by atoms with Crippen LogP contribution in [0, 0.1) is 0 Å². The van der Waals surface area contributed by atoms with Crippen LogP contribution >= 0.6 is 23.4 Å². The lowest BCUT2D eigenvalue weighted by molar-refractivity contribution is 0.162. The highest BCUT2D eigenvalue weighted by Gasteiger charge is 2.17. The molecule has 3 aromatic heterocycles. The van der Waals surface area contributed by atoms with Crippen LogP contribution in [0.25, 0.3) is 11.2 Å². The number of hydrogen-bond donors (Lipinski definition) is 1. The van der Waals surface area contributed by atoms with E-state index in [2.05, 4.69) is 32.2 Å². The van der Waals surface area contributed by atoms with E-state index in [9.17, 15) is 4.79 Å². The van der Waals surface area contributed by atoms with Gasteiger partial charge in [-0.1, -0.05) is 6.92 Å². The van der Waals surface area contributed by atoms with Crippen LogP contribution in [-0.2, 0) is 11.3 Å². The standard InChI is InChI=1S/C18H21ClN6O2S/c1-4-28-13-6-5-12(20-8-13)7-21-15-17(26)25(11(2)10-27-3)16-14(23-15)9-22-18(19)24-16/h5-6,8-9,11H,4,7,10H2,1-3H3,(H,21,23). The molecule has 0 saturated heterocycles. The zero-order chi connectivity index (χ0) is 20.1. The van der Waals surface area contributed by atoms with Gasteiger partial charge in [-0.3, -0.25) is 14.3 Å². The molecule has 1 N–H and O–H groups in total. The molecule has 0 saturated carbocycles. The minimum absolute atomic E-state index is 0.0574. The Kier molecular flexibility index (Phi) is 6.82. The predicted molar refractivity (Wildman–Crippen MR) is 111 cm³/mol. The smallest absolute Gasteiger partial charge is 0.295 e. The first-order valence-corrected chi connectivity index (χ1v) is 10.1. The molecule has 148 valence electrons. The van der Waals surface area contributed by atoms with Gasteiger partial charge >= 0.3 is 0 Å². The van der Waals surface area contributed by atoms with Crippen molar-refractivity contribution >= 4 is 40.3 Å². The molecule has 0 fully saturated rings.